The molecule has 3 N–H and O–H groups in total. The fraction of sp³-hybridized carbons (Fsp3) is 0.429. The third-order valence-corrected chi connectivity index (χ3v) is 2.72. The third-order valence-electron chi connectivity index (χ3n) is 2.72. The number of nitrogens with one attached hydrogen (secondary N) is 2. The molecule has 5 nitrogen and oxygen atoms in total. The maximum atomic E-state index is 11.5. The number of rotatable bonds is 7. The van der Waals surface area contributed by atoms with E-state index in [1.165, 1.54) is 0 Å². The Morgan fingerprint density at radius 1 is 1.26 bits per heavy atom. The Balaban J connectivity index is 2.29. The number of hydrogen-bond donors (Lipinski definition) is 3. The van der Waals surface area contributed by atoms with Crippen LogP contribution in [0.3, 0.4) is 0 Å². The Morgan fingerprint density at radius 2 is 1.95 bits per heavy atom. The highest BCUT2D eigenvalue weighted by Crippen LogP contribution is 1.99. The largest absolute Gasteiger partial charge is 0.480 e. The van der Waals surface area contributed by atoms with Crippen molar-refractivity contribution in [1.82, 2.24) is 10.6 Å². The molecule has 0 aliphatic carbocycles. The number of carbonyl (C=O) groups excluding carboxylic acids is 1. The SMILES string of the molecule is CCC[C@H](NC(=O)NCCc1ccccc1)C(=O)O. The smallest absolute Gasteiger partial charge is 0.326 e. The van der Waals surface area contributed by atoms with Crippen LogP contribution >= 0.6 is 0 Å². The molecule has 0 radical (unpaired) electrons. The van der Waals surface area contributed by atoms with Crippen LogP contribution in [0.15, 0.2) is 30.3 Å². The molecule has 0 fully saturated rings. The summed E-state index contributed by atoms with van der Waals surface area (Å²) in [6.45, 7) is 2.36. The number of carbonyl (C=O) groups is 2. The van der Waals surface area contributed by atoms with Crippen LogP contribution in [-0.2, 0) is 11.2 Å². The molecule has 0 bridgehead atoms. The van der Waals surface area contributed by atoms with Crippen molar-refractivity contribution in [3.05, 3.63) is 35.9 Å². The molecule has 0 aliphatic rings. The maximum Gasteiger partial charge on any atom is 0.326 e. The number of carboxylic acid groups (broad SMARTS) is 1. The monoisotopic (exact) mass is 264 g/mol. The van der Waals surface area contributed by atoms with Crippen molar-refractivity contribution in [3.63, 3.8) is 0 Å². The molecule has 0 heterocycles. The Hall–Kier alpha value is -2.04. The van der Waals surface area contributed by atoms with E-state index < -0.39 is 18.0 Å². The van der Waals surface area contributed by atoms with Gasteiger partial charge in [-0.15, -0.1) is 0 Å². The second kappa shape index (κ2) is 8.13. The minimum absolute atomic E-state index is 0.432. The van der Waals surface area contributed by atoms with Crippen molar-refractivity contribution in [2.24, 2.45) is 0 Å². The van der Waals surface area contributed by atoms with E-state index in [4.69, 9.17) is 5.11 Å². The number of carboxylic acids is 1. The van der Waals surface area contributed by atoms with Crippen LogP contribution in [0.1, 0.15) is 25.3 Å². The first-order chi connectivity index (χ1) is 9.13. The van der Waals surface area contributed by atoms with Gasteiger partial charge in [0.15, 0.2) is 0 Å². The molecule has 0 saturated carbocycles. The minimum atomic E-state index is -1.000. The minimum Gasteiger partial charge on any atom is -0.480 e. The zero-order valence-electron chi connectivity index (χ0n) is 11.1. The topological polar surface area (TPSA) is 78.4 Å². The van der Waals surface area contributed by atoms with E-state index in [0.717, 1.165) is 12.0 Å². The molecular weight excluding hydrogens is 244 g/mol. The van der Waals surface area contributed by atoms with Gasteiger partial charge in [0.25, 0.3) is 0 Å². The van der Waals surface area contributed by atoms with E-state index in [-0.39, 0.29) is 0 Å². The average molecular weight is 264 g/mol. The highest BCUT2D eigenvalue weighted by Gasteiger charge is 2.18. The number of hydrogen-bond acceptors (Lipinski definition) is 2. The Labute approximate surface area is 113 Å². The van der Waals surface area contributed by atoms with Gasteiger partial charge in [0.2, 0.25) is 0 Å². The summed E-state index contributed by atoms with van der Waals surface area (Å²) in [6, 6.07) is 8.53. The molecule has 19 heavy (non-hydrogen) atoms. The fourth-order valence-electron chi connectivity index (χ4n) is 1.72. The molecule has 0 spiro atoms. The van der Waals surface area contributed by atoms with Gasteiger partial charge in [-0.1, -0.05) is 43.7 Å². The van der Waals surface area contributed by atoms with Crippen molar-refractivity contribution in [2.75, 3.05) is 6.54 Å². The molecule has 5 heteroatoms. The lowest BCUT2D eigenvalue weighted by molar-refractivity contribution is -0.139. The molecular formula is C14H20N2O3. The van der Waals surface area contributed by atoms with E-state index in [9.17, 15) is 9.59 Å². The Kier molecular flexibility index (Phi) is 6.43. The highest BCUT2D eigenvalue weighted by atomic mass is 16.4. The summed E-state index contributed by atoms with van der Waals surface area (Å²) in [5, 5.41) is 14.0. The van der Waals surface area contributed by atoms with Gasteiger partial charge in [-0.05, 0) is 18.4 Å². The molecule has 1 atom stereocenters. The molecule has 1 aromatic carbocycles. The first-order valence-corrected chi connectivity index (χ1v) is 6.44. The summed E-state index contributed by atoms with van der Waals surface area (Å²) >= 11 is 0. The number of aliphatic carboxylic acids is 1. The normalized spacial score (nSPS) is 11.6. The average Bonchev–Trinajstić information content (AvgIpc) is 2.39. The van der Waals surface area contributed by atoms with E-state index in [2.05, 4.69) is 10.6 Å². The summed E-state index contributed by atoms with van der Waals surface area (Å²) in [5.41, 5.74) is 1.13. The lowest BCUT2D eigenvalue weighted by atomic mass is 10.1. The molecule has 2 amide bonds. The number of benzene rings is 1. The summed E-state index contributed by atoms with van der Waals surface area (Å²) in [7, 11) is 0. The predicted molar refractivity (Wildman–Crippen MR) is 73.0 cm³/mol. The van der Waals surface area contributed by atoms with Crippen LogP contribution in [0.25, 0.3) is 0 Å². The van der Waals surface area contributed by atoms with Crippen LogP contribution < -0.4 is 10.6 Å². The zero-order chi connectivity index (χ0) is 14.1. The van der Waals surface area contributed by atoms with Crippen molar-refractivity contribution in [2.45, 2.75) is 32.2 Å². The van der Waals surface area contributed by atoms with Gasteiger partial charge in [0.1, 0.15) is 6.04 Å². The lowest BCUT2D eigenvalue weighted by Crippen LogP contribution is -2.46. The first kappa shape index (κ1) is 15.0. The quantitative estimate of drug-likeness (QED) is 0.702. The molecule has 0 aliphatic heterocycles. The molecule has 0 unspecified atom stereocenters. The third kappa shape index (κ3) is 5.90. The van der Waals surface area contributed by atoms with Gasteiger partial charge in [-0.25, -0.2) is 9.59 Å². The summed E-state index contributed by atoms with van der Waals surface area (Å²) in [6.07, 6.45) is 1.86. The second-order valence-electron chi connectivity index (χ2n) is 4.32. The van der Waals surface area contributed by atoms with Gasteiger partial charge in [0.05, 0.1) is 0 Å². The summed E-state index contributed by atoms with van der Waals surface area (Å²) in [5.74, 6) is -1.000. The van der Waals surface area contributed by atoms with Crippen molar-refractivity contribution >= 4 is 12.0 Å². The highest BCUT2D eigenvalue weighted by molar-refractivity contribution is 5.82. The fourth-order valence-corrected chi connectivity index (χ4v) is 1.72. The van der Waals surface area contributed by atoms with Crippen LogP contribution in [0.5, 0.6) is 0 Å². The van der Waals surface area contributed by atoms with Crippen LogP contribution in [0.2, 0.25) is 0 Å². The van der Waals surface area contributed by atoms with Gasteiger partial charge in [0, 0.05) is 6.54 Å². The molecule has 1 aromatic rings. The maximum absolute atomic E-state index is 11.5. The Morgan fingerprint density at radius 3 is 2.53 bits per heavy atom. The van der Waals surface area contributed by atoms with Crippen molar-refractivity contribution in [1.29, 1.82) is 0 Å². The predicted octanol–water partition coefficient (Wildman–Crippen LogP) is 1.78. The summed E-state index contributed by atoms with van der Waals surface area (Å²) in [4.78, 5) is 22.4. The summed E-state index contributed by atoms with van der Waals surface area (Å²) < 4.78 is 0. The lowest BCUT2D eigenvalue weighted by Gasteiger charge is -2.14. The van der Waals surface area contributed by atoms with Gasteiger partial charge < -0.3 is 15.7 Å². The number of amides is 2. The van der Waals surface area contributed by atoms with Gasteiger partial charge in [-0.2, -0.15) is 0 Å². The standard InChI is InChI=1S/C14H20N2O3/c1-2-6-12(13(17)18)16-14(19)15-10-9-11-7-4-3-5-8-11/h3-5,7-8,12H,2,6,9-10H2,1H3,(H,17,18)(H2,15,16,19)/t12-/m0/s1. The van der Waals surface area contributed by atoms with Gasteiger partial charge in [-0.3, -0.25) is 0 Å². The van der Waals surface area contributed by atoms with E-state index in [1.807, 2.05) is 37.3 Å². The van der Waals surface area contributed by atoms with Crippen LogP contribution in [0.4, 0.5) is 4.79 Å². The van der Waals surface area contributed by atoms with E-state index in [1.54, 1.807) is 0 Å². The van der Waals surface area contributed by atoms with Crippen LogP contribution in [0, 0.1) is 0 Å². The zero-order valence-corrected chi connectivity index (χ0v) is 11.1. The molecule has 0 aromatic heterocycles. The Bertz CT molecular complexity index is 406. The van der Waals surface area contributed by atoms with E-state index >= 15 is 0 Å². The number of urea groups is 1. The van der Waals surface area contributed by atoms with Crippen molar-refractivity contribution in [3.8, 4) is 0 Å². The van der Waals surface area contributed by atoms with Gasteiger partial charge >= 0.3 is 12.0 Å². The first-order valence-electron chi connectivity index (χ1n) is 6.44. The van der Waals surface area contributed by atoms with E-state index in [0.29, 0.717) is 19.4 Å². The second-order valence-corrected chi connectivity index (χ2v) is 4.32. The molecule has 104 valence electrons. The molecule has 0 saturated heterocycles. The van der Waals surface area contributed by atoms with Crippen LogP contribution in [-0.4, -0.2) is 29.7 Å². The molecule has 1 rings (SSSR count). The van der Waals surface area contributed by atoms with Crippen molar-refractivity contribution < 1.29 is 14.7 Å².